The predicted molar refractivity (Wildman–Crippen MR) is 73.4 cm³/mol. The SMILES string of the molecule is O=C(NCCCCl)C(=O)Nc1ccc(Cl)cc1C(F)(F)F. The van der Waals surface area contributed by atoms with Gasteiger partial charge in [0, 0.05) is 17.4 Å². The number of hydrogen-bond acceptors (Lipinski definition) is 2. The largest absolute Gasteiger partial charge is 0.418 e. The van der Waals surface area contributed by atoms with Crippen LogP contribution < -0.4 is 10.6 Å². The van der Waals surface area contributed by atoms with Gasteiger partial charge in [-0.3, -0.25) is 9.59 Å². The van der Waals surface area contributed by atoms with Gasteiger partial charge in [0.25, 0.3) is 0 Å². The van der Waals surface area contributed by atoms with Crippen molar-refractivity contribution in [1.82, 2.24) is 5.32 Å². The van der Waals surface area contributed by atoms with Crippen molar-refractivity contribution in [3.05, 3.63) is 28.8 Å². The molecule has 0 radical (unpaired) electrons. The lowest BCUT2D eigenvalue weighted by atomic mass is 10.1. The normalized spacial score (nSPS) is 11.1. The molecule has 0 aliphatic carbocycles. The number of hydrogen-bond donors (Lipinski definition) is 2. The Balaban J connectivity index is 2.83. The van der Waals surface area contributed by atoms with Gasteiger partial charge in [-0.1, -0.05) is 11.6 Å². The monoisotopic (exact) mass is 342 g/mol. The fraction of sp³-hybridized carbons (Fsp3) is 0.333. The summed E-state index contributed by atoms with van der Waals surface area (Å²) in [6.07, 6.45) is -4.27. The Morgan fingerprint density at radius 3 is 2.43 bits per heavy atom. The third-order valence-electron chi connectivity index (χ3n) is 2.34. The maximum atomic E-state index is 12.8. The number of halogens is 5. The second-order valence-corrected chi connectivity index (χ2v) is 4.75. The molecule has 0 saturated heterocycles. The number of amides is 2. The number of anilines is 1. The summed E-state index contributed by atoms with van der Waals surface area (Å²) in [6.45, 7) is 0.155. The molecule has 9 heteroatoms. The first kappa shape index (κ1) is 17.6. The van der Waals surface area contributed by atoms with E-state index in [4.69, 9.17) is 23.2 Å². The highest BCUT2D eigenvalue weighted by atomic mass is 35.5. The van der Waals surface area contributed by atoms with E-state index in [-0.39, 0.29) is 17.4 Å². The van der Waals surface area contributed by atoms with E-state index in [1.807, 2.05) is 5.32 Å². The Kier molecular flexibility index (Phi) is 6.29. The van der Waals surface area contributed by atoms with E-state index in [1.54, 1.807) is 0 Å². The maximum absolute atomic E-state index is 12.8. The summed E-state index contributed by atoms with van der Waals surface area (Å²) in [7, 11) is 0. The molecule has 21 heavy (non-hydrogen) atoms. The molecule has 0 heterocycles. The minimum atomic E-state index is -4.71. The van der Waals surface area contributed by atoms with Crippen molar-refractivity contribution in [2.45, 2.75) is 12.6 Å². The molecule has 0 aliphatic rings. The van der Waals surface area contributed by atoms with E-state index in [9.17, 15) is 22.8 Å². The molecule has 116 valence electrons. The van der Waals surface area contributed by atoms with Crippen LogP contribution >= 0.6 is 23.2 Å². The molecule has 0 saturated carbocycles. The summed E-state index contributed by atoms with van der Waals surface area (Å²) in [5.74, 6) is -1.95. The lowest BCUT2D eigenvalue weighted by Gasteiger charge is -2.14. The predicted octanol–water partition coefficient (Wildman–Crippen LogP) is 3.04. The number of alkyl halides is 4. The smallest absolute Gasteiger partial charge is 0.348 e. The number of carbonyl (C=O) groups is 2. The third kappa shape index (κ3) is 5.43. The summed E-state index contributed by atoms with van der Waals surface area (Å²) in [6, 6.07) is 2.83. The first-order chi connectivity index (χ1) is 9.75. The van der Waals surface area contributed by atoms with Crippen molar-refractivity contribution >= 4 is 40.7 Å². The zero-order valence-electron chi connectivity index (χ0n) is 10.6. The molecule has 1 aromatic carbocycles. The second kappa shape index (κ2) is 7.51. The zero-order valence-corrected chi connectivity index (χ0v) is 12.1. The average Bonchev–Trinajstić information content (AvgIpc) is 2.39. The zero-order chi connectivity index (χ0) is 16.0. The molecule has 4 nitrogen and oxygen atoms in total. The minimum absolute atomic E-state index is 0.133. The van der Waals surface area contributed by atoms with Gasteiger partial charge in [-0.25, -0.2) is 0 Å². The highest BCUT2D eigenvalue weighted by molar-refractivity contribution is 6.39. The molecule has 0 bridgehead atoms. The number of rotatable bonds is 4. The summed E-state index contributed by atoms with van der Waals surface area (Å²) < 4.78 is 38.4. The molecule has 0 atom stereocenters. The molecule has 0 unspecified atom stereocenters. The van der Waals surface area contributed by atoms with Crippen LogP contribution in [-0.2, 0) is 15.8 Å². The average molecular weight is 343 g/mol. The first-order valence-electron chi connectivity index (χ1n) is 5.77. The molecular formula is C12H11Cl2F3N2O2. The van der Waals surface area contributed by atoms with Gasteiger partial charge in [0.05, 0.1) is 11.3 Å². The van der Waals surface area contributed by atoms with Gasteiger partial charge in [-0.05, 0) is 24.6 Å². The van der Waals surface area contributed by atoms with E-state index in [1.165, 1.54) is 6.07 Å². The van der Waals surface area contributed by atoms with Crippen LogP contribution in [0.1, 0.15) is 12.0 Å². The van der Waals surface area contributed by atoms with Gasteiger partial charge < -0.3 is 10.6 Å². The third-order valence-corrected chi connectivity index (χ3v) is 2.84. The van der Waals surface area contributed by atoms with Gasteiger partial charge in [0.1, 0.15) is 0 Å². The highest BCUT2D eigenvalue weighted by Crippen LogP contribution is 2.36. The van der Waals surface area contributed by atoms with Crippen molar-refractivity contribution in [1.29, 1.82) is 0 Å². The first-order valence-corrected chi connectivity index (χ1v) is 6.69. The van der Waals surface area contributed by atoms with E-state index in [2.05, 4.69) is 5.32 Å². The van der Waals surface area contributed by atoms with Crippen LogP contribution in [0, 0.1) is 0 Å². The van der Waals surface area contributed by atoms with Crippen LogP contribution in [0.25, 0.3) is 0 Å². The van der Waals surface area contributed by atoms with Crippen LogP contribution in [-0.4, -0.2) is 24.2 Å². The van der Waals surface area contributed by atoms with Crippen LogP contribution in [0.5, 0.6) is 0 Å². The number of nitrogens with one attached hydrogen (secondary N) is 2. The van der Waals surface area contributed by atoms with Crippen LogP contribution in [0.2, 0.25) is 5.02 Å². The van der Waals surface area contributed by atoms with Gasteiger partial charge in [0.2, 0.25) is 0 Å². The molecule has 2 N–H and O–H groups in total. The van der Waals surface area contributed by atoms with E-state index >= 15 is 0 Å². The summed E-state index contributed by atoms with van der Waals surface area (Å²) in [5.41, 5.74) is -1.67. The van der Waals surface area contributed by atoms with Gasteiger partial charge in [-0.15, -0.1) is 11.6 Å². The summed E-state index contributed by atoms with van der Waals surface area (Å²) in [5, 5.41) is 4.01. The molecule has 1 rings (SSSR count). The lowest BCUT2D eigenvalue weighted by Crippen LogP contribution is -2.36. The quantitative estimate of drug-likeness (QED) is 0.502. The number of benzene rings is 1. The lowest BCUT2D eigenvalue weighted by molar-refractivity contribution is -0.138. The van der Waals surface area contributed by atoms with Crippen LogP contribution in [0.3, 0.4) is 0 Å². The fourth-order valence-corrected chi connectivity index (χ4v) is 1.69. The standard InChI is InChI=1S/C12H11Cl2F3N2O2/c13-4-1-5-18-10(20)11(21)19-9-3-2-7(14)6-8(9)12(15,16)17/h2-3,6H,1,4-5H2,(H,18,20)(H,19,21). The summed E-state index contributed by atoms with van der Waals surface area (Å²) >= 11 is 10.9. The van der Waals surface area contributed by atoms with Gasteiger partial charge in [0.15, 0.2) is 0 Å². The second-order valence-electron chi connectivity index (χ2n) is 3.94. The van der Waals surface area contributed by atoms with Crippen molar-refractivity contribution in [2.24, 2.45) is 0 Å². The maximum Gasteiger partial charge on any atom is 0.418 e. The van der Waals surface area contributed by atoms with Crippen molar-refractivity contribution in [3.8, 4) is 0 Å². The topological polar surface area (TPSA) is 58.2 Å². The number of carbonyl (C=O) groups excluding carboxylic acids is 2. The van der Waals surface area contributed by atoms with Crippen molar-refractivity contribution < 1.29 is 22.8 Å². The van der Waals surface area contributed by atoms with Crippen LogP contribution in [0.15, 0.2) is 18.2 Å². The van der Waals surface area contributed by atoms with Crippen molar-refractivity contribution in [3.63, 3.8) is 0 Å². The Hall–Kier alpha value is -1.47. The van der Waals surface area contributed by atoms with Crippen LogP contribution in [0.4, 0.5) is 18.9 Å². The molecule has 0 aromatic heterocycles. The minimum Gasteiger partial charge on any atom is -0.348 e. The Morgan fingerprint density at radius 2 is 1.86 bits per heavy atom. The fourth-order valence-electron chi connectivity index (χ4n) is 1.39. The van der Waals surface area contributed by atoms with E-state index < -0.39 is 29.2 Å². The van der Waals surface area contributed by atoms with Crippen molar-refractivity contribution in [2.75, 3.05) is 17.7 Å². The highest BCUT2D eigenvalue weighted by Gasteiger charge is 2.34. The molecule has 0 fully saturated rings. The Labute approximate surface area is 128 Å². The Bertz CT molecular complexity index is 536. The van der Waals surface area contributed by atoms with E-state index in [0.29, 0.717) is 12.5 Å². The Morgan fingerprint density at radius 1 is 1.19 bits per heavy atom. The molecule has 1 aromatic rings. The van der Waals surface area contributed by atoms with Gasteiger partial charge in [-0.2, -0.15) is 13.2 Å². The molecular weight excluding hydrogens is 332 g/mol. The van der Waals surface area contributed by atoms with E-state index in [0.717, 1.165) is 6.07 Å². The van der Waals surface area contributed by atoms with Gasteiger partial charge >= 0.3 is 18.0 Å². The molecule has 0 spiro atoms. The molecule has 0 aliphatic heterocycles. The summed E-state index contributed by atoms with van der Waals surface area (Å²) in [4.78, 5) is 22.9. The molecule has 2 amide bonds.